The SMILES string of the molecule is Cc1ccc(C)c(NC(=O)c2cnc(NC(C)C)nc2)c1. The normalized spacial score (nSPS) is 10.5. The Bertz CT molecular complexity index is 635. The summed E-state index contributed by atoms with van der Waals surface area (Å²) < 4.78 is 0. The van der Waals surface area contributed by atoms with Crippen LogP contribution in [0.3, 0.4) is 0 Å². The minimum absolute atomic E-state index is 0.209. The molecule has 0 bridgehead atoms. The second-order valence-electron chi connectivity index (χ2n) is 5.37. The van der Waals surface area contributed by atoms with E-state index in [0.29, 0.717) is 11.5 Å². The third-order valence-electron chi connectivity index (χ3n) is 2.97. The van der Waals surface area contributed by atoms with E-state index in [9.17, 15) is 4.79 Å². The highest BCUT2D eigenvalue weighted by atomic mass is 16.1. The second kappa shape index (κ2) is 6.35. The van der Waals surface area contributed by atoms with Crippen molar-refractivity contribution in [2.45, 2.75) is 33.7 Å². The van der Waals surface area contributed by atoms with Crippen LogP contribution < -0.4 is 10.6 Å². The lowest BCUT2D eigenvalue weighted by Gasteiger charge is -2.10. The van der Waals surface area contributed by atoms with E-state index in [1.165, 1.54) is 12.4 Å². The van der Waals surface area contributed by atoms with Crippen LogP contribution in [0.5, 0.6) is 0 Å². The van der Waals surface area contributed by atoms with Crippen molar-refractivity contribution >= 4 is 17.5 Å². The molecule has 110 valence electrons. The van der Waals surface area contributed by atoms with Gasteiger partial charge < -0.3 is 10.6 Å². The molecule has 0 aliphatic carbocycles. The monoisotopic (exact) mass is 284 g/mol. The summed E-state index contributed by atoms with van der Waals surface area (Å²) >= 11 is 0. The predicted octanol–water partition coefficient (Wildman–Crippen LogP) is 3.17. The summed E-state index contributed by atoms with van der Waals surface area (Å²) in [5.74, 6) is 0.313. The van der Waals surface area contributed by atoms with E-state index < -0.39 is 0 Å². The van der Waals surface area contributed by atoms with Crippen LogP contribution in [-0.2, 0) is 0 Å². The maximum atomic E-state index is 12.2. The first-order valence-electron chi connectivity index (χ1n) is 6.93. The first-order valence-corrected chi connectivity index (χ1v) is 6.93. The van der Waals surface area contributed by atoms with Gasteiger partial charge in [0.25, 0.3) is 5.91 Å². The van der Waals surface area contributed by atoms with Gasteiger partial charge in [-0.05, 0) is 44.9 Å². The molecule has 5 heteroatoms. The predicted molar refractivity (Wildman–Crippen MR) is 84.7 cm³/mol. The third kappa shape index (κ3) is 4.02. The van der Waals surface area contributed by atoms with Crippen LogP contribution in [0.15, 0.2) is 30.6 Å². The van der Waals surface area contributed by atoms with Crippen molar-refractivity contribution in [1.29, 1.82) is 0 Å². The van der Waals surface area contributed by atoms with Gasteiger partial charge >= 0.3 is 0 Å². The standard InChI is InChI=1S/C16H20N4O/c1-10(2)19-16-17-8-13(9-18-16)15(21)20-14-7-11(3)5-6-12(14)4/h5-10H,1-4H3,(H,20,21)(H,17,18,19). The molecule has 0 saturated heterocycles. The maximum Gasteiger partial charge on any atom is 0.258 e. The Kier molecular flexibility index (Phi) is 4.52. The number of nitrogens with one attached hydrogen (secondary N) is 2. The van der Waals surface area contributed by atoms with Gasteiger partial charge in [-0.15, -0.1) is 0 Å². The molecule has 0 saturated carbocycles. The highest BCUT2D eigenvalue weighted by Crippen LogP contribution is 2.17. The number of anilines is 2. The Morgan fingerprint density at radius 2 is 1.81 bits per heavy atom. The zero-order valence-corrected chi connectivity index (χ0v) is 12.8. The number of hydrogen-bond donors (Lipinski definition) is 2. The van der Waals surface area contributed by atoms with Crippen molar-refractivity contribution in [3.05, 3.63) is 47.3 Å². The fourth-order valence-corrected chi connectivity index (χ4v) is 1.84. The molecule has 2 rings (SSSR count). The fourth-order valence-electron chi connectivity index (χ4n) is 1.84. The lowest BCUT2D eigenvalue weighted by molar-refractivity contribution is 0.102. The molecule has 0 aliphatic heterocycles. The lowest BCUT2D eigenvalue weighted by atomic mass is 10.1. The fraction of sp³-hybridized carbons (Fsp3) is 0.312. The zero-order chi connectivity index (χ0) is 15.4. The van der Waals surface area contributed by atoms with Gasteiger partial charge in [-0.2, -0.15) is 0 Å². The number of amides is 1. The molecule has 2 N–H and O–H groups in total. The second-order valence-corrected chi connectivity index (χ2v) is 5.37. The van der Waals surface area contributed by atoms with Crippen LogP contribution >= 0.6 is 0 Å². The molecular weight excluding hydrogens is 264 g/mol. The van der Waals surface area contributed by atoms with Crippen molar-refractivity contribution in [3.63, 3.8) is 0 Å². The largest absolute Gasteiger partial charge is 0.352 e. The third-order valence-corrected chi connectivity index (χ3v) is 2.97. The Morgan fingerprint density at radius 3 is 2.43 bits per heavy atom. The van der Waals surface area contributed by atoms with Crippen molar-refractivity contribution in [1.82, 2.24) is 9.97 Å². The van der Waals surface area contributed by atoms with Crippen molar-refractivity contribution in [2.24, 2.45) is 0 Å². The lowest BCUT2D eigenvalue weighted by Crippen LogP contribution is -2.16. The zero-order valence-electron chi connectivity index (χ0n) is 12.8. The van der Waals surface area contributed by atoms with Crippen LogP contribution in [0.2, 0.25) is 0 Å². The molecular formula is C16H20N4O. The van der Waals surface area contributed by atoms with Crippen LogP contribution in [0.1, 0.15) is 35.3 Å². The molecule has 0 spiro atoms. The topological polar surface area (TPSA) is 66.9 Å². The van der Waals surface area contributed by atoms with Crippen molar-refractivity contribution < 1.29 is 4.79 Å². The quantitative estimate of drug-likeness (QED) is 0.905. The minimum atomic E-state index is -0.209. The molecule has 1 aromatic carbocycles. The van der Waals surface area contributed by atoms with Gasteiger partial charge in [-0.1, -0.05) is 12.1 Å². The number of nitrogens with zero attached hydrogens (tertiary/aromatic N) is 2. The summed E-state index contributed by atoms with van der Waals surface area (Å²) in [6, 6.07) is 6.19. The molecule has 0 radical (unpaired) electrons. The minimum Gasteiger partial charge on any atom is -0.352 e. The average Bonchev–Trinajstić information content (AvgIpc) is 2.43. The van der Waals surface area contributed by atoms with Gasteiger partial charge in [0, 0.05) is 24.1 Å². The molecule has 1 heterocycles. The van der Waals surface area contributed by atoms with Gasteiger partial charge in [0.1, 0.15) is 0 Å². The molecule has 5 nitrogen and oxygen atoms in total. The van der Waals surface area contributed by atoms with E-state index in [1.54, 1.807) is 0 Å². The Hall–Kier alpha value is -2.43. The molecule has 0 fully saturated rings. The summed E-state index contributed by atoms with van der Waals surface area (Å²) in [6.07, 6.45) is 3.05. The summed E-state index contributed by atoms with van der Waals surface area (Å²) in [7, 11) is 0. The molecule has 0 atom stereocenters. The van der Waals surface area contributed by atoms with Gasteiger partial charge in [0.2, 0.25) is 5.95 Å². The van der Waals surface area contributed by atoms with Crippen molar-refractivity contribution in [3.8, 4) is 0 Å². The number of benzene rings is 1. The van der Waals surface area contributed by atoms with Gasteiger partial charge in [0.05, 0.1) is 5.56 Å². The average molecular weight is 284 g/mol. The Labute approximate surface area is 124 Å². The van der Waals surface area contributed by atoms with Gasteiger partial charge in [-0.3, -0.25) is 4.79 Å². The van der Waals surface area contributed by atoms with E-state index in [0.717, 1.165) is 16.8 Å². The number of aryl methyl sites for hydroxylation is 2. The molecule has 0 unspecified atom stereocenters. The van der Waals surface area contributed by atoms with E-state index >= 15 is 0 Å². The molecule has 0 aliphatic rings. The first-order chi connectivity index (χ1) is 9.95. The van der Waals surface area contributed by atoms with Crippen molar-refractivity contribution in [2.75, 3.05) is 10.6 Å². The molecule has 1 aromatic heterocycles. The first kappa shape index (κ1) is 15.0. The summed E-state index contributed by atoms with van der Waals surface area (Å²) in [5.41, 5.74) is 3.37. The van der Waals surface area contributed by atoms with E-state index in [-0.39, 0.29) is 11.9 Å². The van der Waals surface area contributed by atoms with Crippen LogP contribution in [0, 0.1) is 13.8 Å². The molecule has 1 amide bonds. The van der Waals surface area contributed by atoms with Crippen LogP contribution in [0.25, 0.3) is 0 Å². The summed E-state index contributed by atoms with van der Waals surface area (Å²) in [5, 5.41) is 5.97. The van der Waals surface area contributed by atoms with E-state index in [2.05, 4.69) is 20.6 Å². The maximum absolute atomic E-state index is 12.2. The highest BCUT2D eigenvalue weighted by molar-refractivity contribution is 6.04. The number of carbonyl (C=O) groups excluding carboxylic acids is 1. The molecule has 21 heavy (non-hydrogen) atoms. The summed E-state index contributed by atoms with van der Waals surface area (Å²) in [6.45, 7) is 7.96. The number of rotatable bonds is 4. The number of hydrogen-bond acceptors (Lipinski definition) is 4. The Balaban J connectivity index is 2.11. The van der Waals surface area contributed by atoms with E-state index in [4.69, 9.17) is 0 Å². The Morgan fingerprint density at radius 1 is 1.14 bits per heavy atom. The number of aromatic nitrogens is 2. The summed E-state index contributed by atoms with van der Waals surface area (Å²) in [4.78, 5) is 20.5. The molecule has 2 aromatic rings. The van der Waals surface area contributed by atoms with Crippen LogP contribution in [0.4, 0.5) is 11.6 Å². The van der Waals surface area contributed by atoms with E-state index in [1.807, 2.05) is 45.9 Å². The number of carbonyl (C=O) groups is 1. The van der Waals surface area contributed by atoms with Gasteiger partial charge in [0.15, 0.2) is 0 Å². The highest BCUT2D eigenvalue weighted by Gasteiger charge is 2.09. The van der Waals surface area contributed by atoms with Gasteiger partial charge in [-0.25, -0.2) is 9.97 Å². The smallest absolute Gasteiger partial charge is 0.258 e. The van der Waals surface area contributed by atoms with Crippen LogP contribution in [-0.4, -0.2) is 21.9 Å².